The second-order valence-electron chi connectivity index (χ2n) is 9.15. The van der Waals surface area contributed by atoms with Gasteiger partial charge in [-0.25, -0.2) is 0 Å². The zero-order chi connectivity index (χ0) is 22.2. The lowest BCUT2D eigenvalue weighted by atomic mass is 9.93. The van der Waals surface area contributed by atoms with Crippen LogP contribution in [-0.4, -0.2) is 85.2 Å². The molecule has 0 bridgehead atoms. The summed E-state index contributed by atoms with van der Waals surface area (Å²) in [4.78, 5) is 6.79. The van der Waals surface area contributed by atoms with Crippen LogP contribution >= 0.6 is 0 Å². The van der Waals surface area contributed by atoms with Gasteiger partial charge in [-0.3, -0.25) is 9.80 Å². The molecule has 2 saturated carbocycles. The van der Waals surface area contributed by atoms with Crippen LogP contribution in [0.15, 0.2) is 0 Å². The van der Waals surface area contributed by atoms with Crippen molar-refractivity contribution in [2.75, 3.05) is 47.3 Å². The van der Waals surface area contributed by atoms with Crippen molar-refractivity contribution < 1.29 is 0 Å². The predicted octanol–water partition coefficient (Wildman–Crippen LogP) is 2.92. The van der Waals surface area contributed by atoms with E-state index in [1.807, 2.05) is 13.8 Å². The SMILES string of the molecule is CC.CC(C)N(CCN(C)C)C1(C#N)CC1.CC(C1CNC1)N(C)C1(C#N)CC1. The van der Waals surface area contributed by atoms with Crippen molar-refractivity contribution in [1.82, 2.24) is 20.0 Å². The number of likely N-dealkylation sites (N-methyl/N-ethyl adjacent to an activating group) is 1. The Bertz CT molecular complexity index is 561. The van der Waals surface area contributed by atoms with E-state index in [9.17, 15) is 0 Å². The van der Waals surface area contributed by atoms with Crippen molar-refractivity contribution in [2.24, 2.45) is 5.92 Å². The number of nitrogens with zero attached hydrogens (tertiary/aromatic N) is 5. The molecule has 0 aromatic carbocycles. The van der Waals surface area contributed by atoms with Crippen LogP contribution in [0.1, 0.15) is 60.3 Å². The first-order valence-corrected chi connectivity index (χ1v) is 11.4. The van der Waals surface area contributed by atoms with Gasteiger partial charge < -0.3 is 10.2 Å². The molecule has 3 aliphatic rings. The molecule has 2 aliphatic carbocycles. The smallest absolute Gasteiger partial charge is 0.109 e. The van der Waals surface area contributed by atoms with E-state index in [2.05, 4.69) is 74.1 Å². The summed E-state index contributed by atoms with van der Waals surface area (Å²) in [7, 11) is 6.24. The third-order valence-electron chi connectivity index (χ3n) is 6.61. The molecule has 1 N–H and O–H groups in total. The molecular formula is C23H44N6. The fourth-order valence-corrected chi connectivity index (χ4v) is 3.88. The van der Waals surface area contributed by atoms with Gasteiger partial charge in [-0.15, -0.1) is 0 Å². The van der Waals surface area contributed by atoms with Crippen molar-refractivity contribution in [2.45, 2.75) is 83.5 Å². The quantitative estimate of drug-likeness (QED) is 0.671. The molecule has 0 aromatic heterocycles. The van der Waals surface area contributed by atoms with Gasteiger partial charge in [-0.2, -0.15) is 10.5 Å². The van der Waals surface area contributed by atoms with Crippen molar-refractivity contribution in [3.05, 3.63) is 0 Å². The van der Waals surface area contributed by atoms with Crippen molar-refractivity contribution in [1.29, 1.82) is 10.5 Å². The van der Waals surface area contributed by atoms with Gasteiger partial charge in [0.15, 0.2) is 0 Å². The molecule has 29 heavy (non-hydrogen) atoms. The maximum atomic E-state index is 9.14. The highest BCUT2D eigenvalue weighted by molar-refractivity contribution is 5.20. The molecule has 1 heterocycles. The first-order valence-electron chi connectivity index (χ1n) is 11.4. The summed E-state index contributed by atoms with van der Waals surface area (Å²) in [6.45, 7) is 14.9. The lowest BCUT2D eigenvalue weighted by Crippen LogP contribution is -2.55. The van der Waals surface area contributed by atoms with Crippen LogP contribution in [0.5, 0.6) is 0 Å². The minimum Gasteiger partial charge on any atom is -0.316 e. The number of hydrogen-bond acceptors (Lipinski definition) is 6. The van der Waals surface area contributed by atoms with Gasteiger partial charge in [0.05, 0.1) is 12.1 Å². The van der Waals surface area contributed by atoms with Crippen LogP contribution in [0.4, 0.5) is 0 Å². The number of nitrogens with one attached hydrogen (secondary N) is 1. The van der Waals surface area contributed by atoms with Gasteiger partial charge in [0.2, 0.25) is 0 Å². The van der Waals surface area contributed by atoms with Crippen LogP contribution in [-0.2, 0) is 0 Å². The maximum absolute atomic E-state index is 9.14. The van der Waals surface area contributed by atoms with Gasteiger partial charge in [-0.05, 0) is 73.5 Å². The van der Waals surface area contributed by atoms with Crippen molar-refractivity contribution in [3.8, 4) is 12.1 Å². The van der Waals surface area contributed by atoms with Crippen LogP contribution < -0.4 is 5.32 Å². The highest BCUT2D eigenvalue weighted by atomic mass is 15.3. The van der Waals surface area contributed by atoms with Gasteiger partial charge in [0, 0.05) is 38.3 Å². The zero-order valence-electron chi connectivity index (χ0n) is 20.1. The lowest BCUT2D eigenvalue weighted by Gasteiger charge is -2.39. The fourth-order valence-electron chi connectivity index (χ4n) is 3.88. The van der Waals surface area contributed by atoms with Crippen LogP contribution in [0.2, 0.25) is 0 Å². The first kappa shape index (κ1) is 25.9. The Labute approximate surface area is 179 Å². The molecule has 0 radical (unpaired) electrons. The molecule has 0 amide bonds. The van der Waals surface area contributed by atoms with E-state index in [1.165, 1.54) is 0 Å². The molecular weight excluding hydrogens is 360 g/mol. The first-order chi connectivity index (χ1) is 13.7. The standard InChI is InChI=1S/C11H21N3.C10H17N3.C2H6/c1-10(2)14(8-7-13(3)4)11(9-12)5-6-11;1-8(9-5-12-6-9)13(2)10(7-11)3-4-10;1-2/h10H,5-8H2,1-4H3;8-9,12H,3-6H2,1-2H3;1-2H3. The molecule has 166 valence electrons. The van der Waals surface area contributed by atoms with Crippen molar-refractivity contribution >= 4 is 0 Å². The molecule has 0 spiro atoms. The third-order valence-corrected chi connectivity index (χ3v) is 6.61. The molecule has 1 unspecified atom stereocenters. The van der Waals surface area contributed by atoms with E-state index >= 15 is 0 Å². The van der Waals surface area contributed by atoms with Gasteiger partial charge >= 0.3 is 0 Å². The predicted molar refractivity (Wildman–Crippen MR) is 120 cm³/mol. The van der Waals surface area contributed by atoms with Crippen LogP contribution in [0.25, 0.3) is 0 Å². The normalized spacial score (nSPS) is 21.9. The van der Waals surface area contributed by atoms with Gasteiger partial charge in [-0.1, -0.05) is 13.8 Å². The number of nitriles is 2. The minimum absolute atomic E-state index is 0.102. The molecule has 3 fully saturated rings. The Hall–Kier alpha value is -1.18. The average Bonchev–Trinajstić information content (AvgIpc) is 3.57. The van der Waals surface area contributed by atoms with E-state index in [1.54, 1.807) is 0 Å². The van der Waals surface area contributed by atoms with E-state index < -0.39 is 0 Å². The molecule has 3 rings (SSSR count). The van der Waals surface area contributed by atoms with Crippen LogP contribution in [0, 0.1) is 28.6 Å². The minimum atomic E-state index is -0.121. The Morgan fingerprint density at radius 3 is 1.66 bits per heavy atom. The Morgan fingerprint density at radius 2 is 1.38 bits per heavy atom. The molecule has 6 heteroatoms. The van der Waals surface area contributed by atoms with E-state index in [0.717, 1.165) is 57.8 Å². The average molecular weight is 405 g/mol. The second kappa shape index (κ2) is 11.3. The highest BCUT2D eigenvalue weighted by Gasteiger charge is 2.50. The molecule has 0 aromatic rings. The lowest BCUT2D eigenvalue weighted by molar-refractivity contribution is 0.118. The summed E-state index contributed by atoms with van der Waals surface area (Å²) in [6.07, 6.45) is 4.22. The summed E-state index contributed by atoms with van der Waals surface area (Å²) in [5.74, 6) is 0.746. The number of rotatable bonds is 8. The van der Waals surface area contributed by atoms with E-state index in [-0.39, 0.29) is 11.1 Å². The van der Waals surface area contributed by atoms with Gasteiger partial charge in [0.25, 0.3) is 0 Å². The molecule has 1 aliphatic heterocycles. The van der Waals surface area contributed by atoms with E-state index in [0.29, 0.717) is 12.1 Å². The Balaban J connectivity index is 0.000000268. The summed E-state index contributed by atoms with van der Waals surface area (Å²) in [5, 5.41) is 21.5. The molecule has 1 atom stereocenters. The van der Waals surface area contributed by atoms with Crippen molar-refractivity contribution in [3.63, 3.8) is 0 Å². The summed E-state index contributed by atoms with van der Waals surface area (Å²) < 4.78 is 0. The third kappa shape index (κ3) is 6.66. The topological polar surface area (TPSA) is 69.3 Å². The summed E-state index contributed by atoms with van der Waals surface area (Å²) in [6, 6.07) is 5.92. The van der Waals surface area contributed by atoms with Crippen LogP contribution in [0.3, 0.4) is 0 Å². The zero-order valence-corrected chi connectivity index (χ0v) is 20.1. The summed E-state index contributed by atoms with van der Waals surface area (Å²) in [5.41, 5.74) is -0.223. The molecule has 6 nitrogen and oxygen atoms in total. The van der Waals surface area contributed by atoms with Gasteiger partial charge in [0.1, 0.15) is 11.1 Å². The fraction of sp³-hybridized carbons (Fsp3) is 0.913. The largest absolute Gasteiger partial charge is 0.316 e. The number of hydrogen-bond donors (Lipinski definition) is 1. The monoisotopic (exact) mass is 404 g/mol. The van der Waals surface area contributed by atoms with E-state index in [4.69, 9.17) is 10.5 Å². The Morgan fingerprint density at radius 1 is 0.897 bits per heavy atom. The maximum Gasteiger partial charge on any atom is 0.109 e. The summed E-state index contributed by atoms with van der Waals surface area (Å²) >= 11 is 0. The second-order valence-corrected chi connectivity index (χ2v) is 9.15. The Kier molecular flexibility index (Phi) is 10.1. The molecule has 1 saturated heterocycles. The highest BCUT2D eigenvalue weighted by Crippen LogP contribution is 2.42.